The SMILES string of the molecule is CCCCCCCCCCCC(=O)OC[C@H](COP(=O)(O)OC[C@H](O)COP(=O)(O)OC[C@@H](COC(=O)CCCCCCCCCCC(C)CC)OC(=O)CCCCCCCCCCCCCCCCC(C)C)OC(=O)CCCCCCCCCCC. The largest absolute Gasteiger partial charge is 0.472 e. The van der Waals surface area contributed by atoms with Gasteiger partial charge in [0.25, 0.3) is 0 Å². The second kappa shape index (κ2) is 60.3. The molecule has 19 heteroatoms. The summed E-state index contributed by atoms with van der Waals surface area (Å²) in [5, 5.41) is 10.6. The molecule has 0 aromatic rings. The summed E-state index contributed by atoms with van der Waals surface area (Å²) in [6.45, 7) is 9.52. The van der Waals surface area contributed by atoms with Gasteiger partial charge in [-0.15, -0.1) is 0 Å². The molecule has 3 N–H and O–H groups in total. The van der Waals surface area contributed by atoms with Crippen LogP contribution in [-0.2, 0) is 65.4 Å². The molecule has 0 aliphatic rings. The van der Waals surface area contributed by atoms with Crippen molar-refractivity contribution in [3.05, 3.63) is 0 Å². The number of hydrogen-bond acceptors (Lipinski definition) is 15. The van der Waals surface area contributed by atoms with Crippen LogP contribution in [0.3, 0.4) is 0 Å². The molecule has 6 atom stereocenters. The number of carbonyl (C=O) groups excluding carboxylic acids is 4. The van der Waals surface area contributed by atoms with Gasteiger partial charge in [0.05, 0.1) is 26.4 Å². The first-order valence-corrected chi connectivity index (χ1v) is 38.5. The fourth-order valence-electron chi connectivity index (χ4n) is 10.2. The zero-order chi connectivity index (χ0) is 64.3. The first kappa shape index (κ1) is 85.1. The number of phosphoric ester groups is 2. The third-order valence-electron chi connectivity index (χ3n) is 16.1. The molecular weight excluding hydrogens is 1150 g/mol. The van der Waals surface area contributed by atoms with Crippen LogP contribution in [0, 0.1) is 11.8 Å². The molecule has 17 nitrogen and oxygen atoms in total. The van der Waals surface area contributed by atoms with Crippen LogP contribution in [-0.4, -0.2) is 96.7 Å². The Morgan fingerprint density at radius 2 is 0.586 bits per heavy atom. The Kier molecular flexibility index (Phi) is 59.0. The van der Waals surface area contributed by atoms with E-state index in [0.29, 0.717) is 25.7 Å². The lowest BCUT2D eigenvalue weighted by Gasteiger charge is -2.21. The maximum absolute atomic E-state index is 13.0. The van der Waals surface area contributed by atoms with E-state index in [9.17, 15) is 43.2 Å². The van der Waals surface area contributed by atoms with Crippen molar-refractivity contribution in [1.82, 2.24) is 0 Å². The molecule has 0 bridgehead atoms. The van der Waals surface area contributed by atoms with Gasteiger partial charge in [0.15, 0.2) is 12.2 Å². The normalized spacial score (nSPS) is 14.5. The van der Waals surface area contributed by atoms with E-state index in [-0.39, 0.29) is 25.7 Å². The molecule has 0 aromatic carbocycles. The van der Waals surface area contributed by atoms with Crippen molar-refractivity contribution in [1.29, 1.82) is 0 Å². The fraction of sp³-hybridized carbons (Fsp3) is 0.941. The molecule has 0 saturated heterocycles. The third kappa shape index (κ3) is 61.3. The molecule has 0 fully saturated rings. The molecule has 516 valence electrons. The van der Waals surface area contributed by atoms with Gasteiger partial charge >= 0.3 is 39.5 Å². The summed E-state index contributed by atoms with van der Waals surface area (Å²) >= 11 is 0. The van der Waals surface area contributed by atoms with Crippen molar-refractivity contribution >= 4 is 39.5 Å². The Bertz CT molecular complexity index is 1700. The smallest absolute Gasteiger partial charge is 0.462 e. The Labute approximate surface area is 530 Å². The van der Waals surface area contributed by atoms with Gasteiger partial charge in [-0.25, -0.2) is 9.13 Å². The second-order valence-electron chi connectivity index (χ2n) is 25.3. The Morgan fingerprint density at radius 1 is 0.333 bits per heavy atom. The Morgan fingerprint density at radius 3 is 0.874 bits per heavy atom. The highest BCUT2D eigenvalue weighted by molar-refractivity contribution is 7.47. The summed E-state index contributed by atoms with van der Waals surface area (Å²) in [5.74, 6) is -0.557. The summed E-state index contributed by atoms with van der Waals surface area (Å²) in [5.41, 5.74) is 0. The summed E-state index contributed by atoms with van der Waals surface area (Å²) in [7, 11) is -9.89. The van der Waals surface area contributed by atoms with Gasteiger partial charge < -0.3 is 33.8 Å². The molecule has 0 rings (SSSR count). The van der Waals surface area contributed by atoms with Crippen LogP contribution in [0.25, 0.3) is 0 Å². The summed E-state index contributed by atoms with van der Waals surface area (Å²) < 4.78 is 68.1. The van der Waals surface area contributed by atoms with Crippen LogP contribution < -0.4 is 0 Å². The average molecular weight is 1280 g/mol. The van der Waals surface area contributed by atoms with Crippen molar-refractivity contribution in [2.45, 2.75) is 362 Å². The zero-order valence-corrected chi connectivity index (χ0v) is 58.1. The molecule has 0 amide bonds. The number of aliphatic hydroxyl groups is 1. The summed E-state index contributed by atoms with van der Waals surface area (Å²) in [6.07, 6.45) is 44.4. The number of hydrogen-bond donors (Lipinski definition) is 3. The lowest BCUT2D eigenvalue weighted by atomic mass is 9.99. The maximum atomic E-state index is 13.0. The van der Waals surface area contributed by atoms with Gasteiger partial charge in [-0.2, -0.15) is 0 Å². The molecule has 0 aromatic heterocycles. The third-order valence-corrected chi connectivity index (χ3v) is 18.0. The summed E-state index contributed by atoms with van der Waals surface area (Å²) in [4.78, 5) is 72.3. The van der Waals surface area contributed by atoms with E-state index in [1.807, 2.05) is 0 Å². The Balaban J connectivity index is 5.21. The van der Waals surface area contributed by atoms with Gasteiger partial charge in [-0.1, -0.05) is 292 Å². The van der Waals surface area contributed by atoms with Crippen LogP contribution >= 0.6 is 15.6 Å². The van der Waals surface area contributed by atoms with Crippen LogP contribution in [0.5, 0.6) is 0 Å². The molecule has 0 radical (unpaired) electrons. The molecule has 0 heterocycles. The highest BCUT2D eigenvalue weighted by Crippen LogP contribution is 2.45. The number of unbranched alkanes of at least 4 members (excludes halogenated alkanes) is 36. The van der Waals surface area contributed by atoms with Crippen LogP contribution in [0.15, 0.2) is 0 Å². The van der Waals surface area contributed by atoms with Crippen molar-refractivity contribution in [3.8, 4) is 0 Å². The maximum Gasteiger partial charge on any atom is 0.472 e. The van der Waals surface area contributed by atoms with E-state index in [1.165, 1.54) is 161 Å². The fourth-order valence-corrected chi connectivity index (χ4v) is 11.8. The monoisotopic (exact) mass is 1280 g/mol. The molecule has 0 aliphatic heterocycles. The lowest BCUT2D eigenvalue weighted by Crippen LogP contribution is -2.30. The first-order chi connectivity index (χ1) is 41.9. The molecule has 0 aliphatic carbocycles. The predicted molar refractivity (Wildman–Crippen MR) is 349 cm³/mol. The van der Waals surface area contributed by atoms with E-state index in [2.05, 4.69) is 41.5 Å². The van der Waals surface area contributed by atoms with Crippen LogP contribution in [0.1, 0.15) is 343 Å². The number of carbonyl (C=O) groups is 4. The number of ether oxygens (including phenoxy) is 4. The van der Waals surface area contributed by atoms with E-state index in [0.717, 1.165) is 102 Å². The highest BCUT2D eigenvalue weighted by atomic mass is 31.2. The zero-order valence-electron chi connectivity index (χ0n) is 56.3. The van der Waals surface area contributed by atoms with Gasteiger partial charge in [0, 0.05) is 25.7 Å². The minimum atomic E-state index is -4.95. The van der Waals surface area contributed by atoms with E-state index in [1.54, 1.807) is 0 Å². The summed E-state index contributed by atoms with van der Waals surface area (Å²) in [6, 6.07) is 0. The van der Waals surface area contributed by atoms with Crippen molar-refractivity contribution in [2.24, 2.45) is 11.8 Å². The average Bonchev–Trinajstić information content (AvgIpc) is 3.62. The van der Waals surface area contributed by atoms with Crippen molar-refractivity contribution in [3.63, 3.8) is 0 Å². The van der Waals surface area contributed by atoms with Crippen LogP contribution in [0.4, 0.5) is 0 Å². The first-order valence-electron chi connectivity index (χ1n) is 35.5. The highest BCUT2D eigenvalue weighted by Gasteiger charge is 2.30. The second-order valence-corrected chi connectivity index (χ2v) is 28.2. The number of esters is 4. The van der Waals surface area contributed by atoms with Gasteiger partial charge in [0.2, 0.25) is 0 Å². The van der Waals surface area contributed by atoms with E-state index < -0.39 is 97.5 Å². The number of phosphoric acid groups is 2. The molecule has 3 unspecified atom stereocenters. The van der Waals surface area contributed by atoms with E-state index >= 15 is 0 Å². The predicted octanol–water partition coefficient (Wildman–Crippen LogP) is 19.2. The van der Waals surface area contributed by atoms with Crippen molar-refractivity contribution in [2.75, 3.05) is 39.6 Å². The van der Waals surface area contributed by atoms with Crippen LogP contribution in [0.2, 0.25) is 0 Å². The minimum absolute atomic E-state index is 0.106. The van der Waals surface area contributed by atoms with Gasteiger partial charge in [0.1, 0.15) is 19.3 Å². The van der Waals surface area contributed by atoms with Gasteiger partial charge in [-0.3, -0.25) is 37.3 Å². The lowest BCUT2D eigenvalue weighted by molar-refractivity contribution is -0.161. The molecular formula is C68H132O17P2. The standard InChI is InChI=1S/C68H132O17P2/c1-7-10-12-14-16-24-32-38-44-50-65(70)78-56-63(84-67(72)52-46-40-34-25-17-15-13-11-8-2)58-82-86(74,75)80-54-62(69)55-81-87(76,77)83-59-64(57-79-66(71)51-45-39-33-29-28-31-37-43-49-61(6)9-3)85-68(73)53-47-41-35-27-23-21-19-18-20-22-26-30-36-42-48-60(4)5/h60-64,69H,7-59H2,1-6H3,(H,74,75)(H,76,77)/t61?,62-,63+,64+/m0/s1. The Hall–Kier alpha value is -1.94. The van der Waals surface area contributed by atoms with Gasteiger partial charge in [-0.05, 0) is 37.5 Å². The number of rotatable bonds is 67. The van der Waals surface area contributed by atoms with Crippen molar-refractivity contribution < 1.29 is 80.2 Å². The number of aliphatic hydroxyl groups excluding tert-OH is 1. The minimum Gasteiger partial charge on any atom is -0.462 e. The molecule has 0 saturated carbocycles. The van der Waals surface area contributed by atoms with E-state index in [4.69, 9.17) is 37.0 Å². The molecule has 87 heavy (non-hydrogen) atoms. The quantitative estimate of drug-likeness (QED) is 0.0222. The molecule has 0 spiro atoms. The topological polar surface area (TPSA) is 237 Å².